The lowest BCUT2D eigenvalue weighted by Crippen LogP contribution is -2.31. The smallest absolute Gasteiger partial charge is 0.415 e. The van der Waals surface area contributed by atoms with E-state index in [1.54, 1.807) is 24.3 Å². The van der Waals surface area contributed by atoms with E-state index in [2.05, 4.69) is 0 Å². The van der Waals surface area contributed by atoms with Gasteiger partial charge in [0.05, 0.1) is 13.2 Å². The Bertz CT molecular complexity index is 458. The quantitative estimate of drug-likeness (QED) is 0.820. The summed E-state index contributed by atoms with van der Waals surface area (Å²) >= 11 is 0. The molecule has 5 nitrogen and oxygen atoms in total. The fourth-order valence-electron chi connectivity index (χ4n) is 1.75. The third kappa shape index (κ3) is 3.00. The summed E-state index contributed by atoms with van der Waals surface area (Å²) < 4.78 is 10.5. The van der Waals surface area contributed by atoms with Crippen molar-refractivity contribution in [3.63, 3.8) is 0 Å². The van der Waals surface area contributed by atoms with Gasteiger partial charge in [-0.25, -0.2) is 4.79 Å². The Labute approximate surface area is 105 Å². The van der Waals surface area contributed by atoms with E-state index in [1.165, 1.54) is 4.90 Å². The Morgan fingerprint density at radius 3 is 2.83 bits per heavy atom. The van der Waals surface area contributed by atoms with Crippen molar-refractivity contribution in [1.29, 1.82) is 0 Å². The molecular formula is C13H15NO4. The maximum atomic E-state index is 11.7. The minimum Gasteiger partial charge on any atom is -0.494 e. The lowest BCUT2D eigenvalue weighted by atomic mass is 10.3. The SMILES string of the molecule is CCOc1cccc(OC(=O)N2CCC(=O)C2)c1. The van der Waals surface area contributed by atoms with E-state index in [-0.39, 0.29) is 12.3 Å². The zero-order valence-corrected chi connectivity index (χ0v) is 10.2. The van der Waals surface area contributed by atoms with Crippen LogP contribution in [0.2, 0.25) is 0 Å². The lowest BCUT2D eigenvalue weighted by molar-refractivity contribution is -0.116. The van der Waals surface area contributed by atoms with Gasteiger partial charge in [-0.05, 0) is 19.1 Å². The predicted molar refractivity (Wildman–Crippen MR) is 64.8 cm³/mol. The number of carbonyl (C=O) groups excluding carboxylic acids is 2. The van der Waals surface area contributed by atoms with Gasteiger partial charge in [-0.3, -0.25) is 4.79 Å². The van der Waals surface area contributed by atoms with Gasteiger partial charge in [-0.1, -0.05) is 6.07 Å². The molecule has 96 valence electrons. The molecule has 0 N–H and O–H groups in total. The molecule has 0 spiro atoms. The minimum absolute atomic E-state index is 0.0648. The van der Waals surface area contributed by atoms with Gasteiger partial charge in [0.25, 0.3) is 0 Å². The molecule has 0 radical (unpaired) electrons. The van der Waals surface area contributed by atoms with Gasteiger partial charge in [-0.2, -0.15) is 0 Å². The highest BCUT2D eigenvalue weighted by molar-refractivity contribution is 5.87. The molecule has 1 aliphatic rings. The van der Waals surface area contributed by atoms with Crippen molar-refractivity contribution in [2.75, 3.05) is 19.7 Å². The van der Waals surface area contributed by atoms with Crippen LogP contribution >= 0.6 is 0 Å². The summed E-state index contributed by atoms with van der Waals surface area (Å²) in [5.74, 6) is 1.14. The van der Waals surface area contributed by atoms with Crippen LogP contribution in [-0.2, 0) is 4.79 Å². The largest absolute Gasteiger partial charge is 0.494 e. The molecule has 1 aromatic rings. The third-order valence-corrected chi connectivity index (χ3v) is 2.61. The Kier molecular flexibility index (Phi) is 3.82. The summed E-state index contributed by atoms with van der Waals surface area (Å²) in [6, 6.07) is 6.88. The number of nitrogens with zero attached hydrogens (tertiary/aromatic N) is 1. The molecule has 5 heteroatoms. The van der Waals surface area contributed by atoms with Crippen molar-refractivity contribution in [3.8, 4) is 11.5 Å². The van der Waals surface area contributed by atoms with E-state index >= 15 is 0 Å². The van der Waals surface area contributed by atoms with Crippen LogP contribution < -0.4 is 9.47 Å². The maximum Gasteiger partial charge on any atom is 0.415 e. The van der Waals surface area contributed by atoms with Crippen LogP contribution in [0.4, 0.5) is 4.79 Å². The van der Waals surface area contributed by atoms with Gasteiger partial charge in [0, 0.05) is 19.0 Å². The number of amides is 1. The van der Waals surface area contributed by atoms with E-state index in [4.69, 9.17) is 9.47 Å². The Balaban J connectivity index is 1.98. The average molecular weight is 249 g/mol. The molecular weight excluding hydrogens is 234 g/mol. The molecule has 1 aliphatic heterocycles. The molecule has 2 rings (SSSR count). The first kappa shape index (κ1) is 12.4. The lowest BCUT2D eigenvalue weighted by Gasteiger charge is -2.14. The number of carbonyl (C=O) groups is 2. The number of ketones is 1. The highest BCUT2D eigenvalue weighted by Crippen LogP contribution is 2.20. The first-order valence-corrected chi connectivity index (χ1v) is 5.90. The summed E-state index contributed by atoms with van der Waals surface area (Å²) in [7, 11) is 0. The number of rotatable bonds is 3. The summed E-state index contributed by atoms with van der Waals surface area (Å²) in [6.07, 6.45) is -0.0804. The first-order valence-electron chi connectivity index (χ1n) is 5.90. The summed E-state index contributed by atoms with van der Waals surface area (Å²) in [4.78, 5) is 24.2. The number of ether oxygens (including phenoxy) is 2. The van der Waals surface area contributed by atoms with Gasteiger partial charge in [0.2, 0.25) is 0 Å². The summed E-state index contributed by atoms with van der Waals surface area (Å²) in [5, 5.41) is 0. The molecule has 1 saturated heterocycles. The molecule has 1 aromatic carbocycles. The van der Waals surface area contributed by atoms with Crippen molar-refractivity contribution in [3.05, 3.63) is 24.3 Å². The number of Topliss-reactive ketones (excluding diaryl/α,β-unsaturated/α-hetero) is 1. The highest BCUT2D eigenvalue weighted by atomic mass is 16.6. The van der Waals surface area contributed by atoms with E-state index in [0.717, 1.165) is 0 Å². The monoisotopic (exact) mass is 249 g/mol. The van der Waals surface area contributed by atoms with Crippen LogP contribution in [0.1, 0.15) is 13.3 Å². The average Bonchev–Trinajstić information content (AvgIpc) is 2.77. The molecule has 0 bridgehead atoms. The van der Waals surface area contributed by atoms with Crippen molar-refractivity contribution < 1.29 is 19.1 Å². The summed E-state index contributed by atoms with van der Waals surface area (Å²) in [6.45, 7) is 3.01. The number of benzene rings is 1. The van der Waals surface area contributed by atoms with Crippen molar-refractivity contribution in [2.45, 2.75) is 13.3 Å². The molecule has 0 aromatic heterocycles. The van der Waals surface area contributed by atoms with Crippen molar-refractivity contribution in [1.82, 2.24) is 4.90 Å². The van der Waals surface area contributed by atoms with Gasteiger partial charge >= 0.3 is 6.09 Å². The second-order valence-corrected chi connectivity index (χ2v) is 3.99. The standard InChI is InChI=1S/C13H15NO4/c1-2-17-11-4-3-5-12(8-11)18-13(16)14-7-6-10(15)9-14/h3-5,8H,2,6-7,9H2,1H3. The second-order valence-electron chi connectivity index (χ2n) is 3.99. The van der Waals surface area contributed by atoms with E-state index in [1.807, 2.05) is 6.92 Å². The first-order chi connectivity index (χ1) is 8.69. The Morgan fingerprint density at radius 2 is 2.17 bits per heavy atom. The second kappa shape index (κ2) is 5.53. The molecule has 18 heavy (non-hydrogen) atoms. The van der Waals surface area contributed by atoms with Crippen molar-refractivity contribution >= 4 is 11.9 Å². The zero-order valence-electron chi connectivity index (χ0n) is 10.2. The highest BCUT2D eigenvalue weighted by Gasteiger charge is 2.25. The third-order valence-electron chi connectivity index (χ3n) is 2.61. The van der Waals surface area contributed by atoms with Gasteiger partial charge in [0.15, 0.2) is 5.78 Å². The minimum atomic E-state index is -0.491. The Morgan fingerprint density at radius 1 is 1.39 bits per heavy atom. The van der Waals surface area contributed by atoms with Crippen LogP contribution in [-0.4, -0.2) is 36.5 Å². The molecule has 1 amide bonds. The van der Waals surface area contributed by atoms with Crippen LogP contribution in [0.3, 0.4) is 0 Å². The fourth-order valence-corrected chi connectivity index (χ4v) is 1.75. The van der Waals surface area contributed by atoms with E-state index in [0.29, 0.717) is 31.1 Å². The van der Waals surface area contributed by atoms with Crippen LogP contribution in [0.15, 0.2) is 24.3 Å². The zero-order chi connectivity index (χ0) is 13.0. The number of hydrogen-bond donors (Lipinski definition) is 0. The summed E-state index contributed by atoms with van der Waals surface area (Å²) in [5.41, 5.74) is 0. The topological polar surface area (TPSA) is 55.8 Å². The van der Waals surface area contributed by atoms with Gasteiger partial charge in [-0.15, -0.1) is 0 Å². The predicted octanol–water partition coefficient (Wildman–Crippen LogP) is 1.86. The van der Waals surface area contributed by atoms with E-state index < -0.39 is 6.09 Å². The maximum absolute atomic E-state index is 11.7. The normalized spacial score (nSPS) is 14.7. The Hall–Kier alpha value is -2.04. The molecule has 0 unspecified atom stereocenters. The van der Waals surface area contributed by atoms with Crippen LogP contribution in [0.25, 0.3) is 0 Å². The van der Waals surface area contributed by atoms with Gasteiger partial charge in [0.1, 0.15) is 11.5 Å². The number of likely N-dealkylation sites (tertiary alicyclic amines) is 1. The van der Waals surface area contributed by atoms with Crippen LogP contribution in [0, 0.1) is 0 Å². The molecule has 1 fully saturated rings. The fraction of sp³-hybridized carbons (Fsp3) is 0.385. The number of hydrogen-bond acceptors (Lipinski definition) is 4. The molecule has 1 heterocycles. The molecule has 0 saturated carbocycles. The molecule has 0 atom stereocenters. The van der Waals surface area contributed by atoms with Gasteiger partial charge < -0.3 is 14.4 Å². The molecule has 0 aliphatic carbocycles. The van der Waals surface area contributed by atoms with E-state index in [9.17, 15) is 9.59 Å². The van der Waals surface area contributed by atoms with Crippen LogP contribution in [0.5, 0.6) is 11.5 Å². The van der Waals surface area contributed by atoms with Crippen molar-refractivity contribution in [2.24, 2.45) is 0 Å².